The summed E-state index contributed by atoms with van der Waals surface area (Å²) in [5, 5.41) is 8.66. The second kappa shape index (κ2) is 2.44. The lowest BCUT2D eigenvalue weighted by Gasteiger charge is -1.97. The van der Waals surface area contributed by atoms with Gasteiger partial charge in [-0.15, -0.1) is 0 Å². The average Bonchev–Trinajstić information content (AvgIpc) is 2.49. The summed E-state index contributed by atoms with van der Waals surface area (Å²) in [7, 11) is 0. The lowest BCUT2D eigenvalue weighted by molar-refractivity contribution is 0.0697. The smallest absolute Gasteiger partial charge is 0.335 e. The number of hydrogen-bond acceptors (Lipinski definition) is 2. The topological polar surface area (TPSA) is 49.7 Å². The number of nitrogens with zero attached hydrogens (tertiary/aromatic N) is 1. The van der Waals surface area contributed by atoms with Crippen LogP contribution < -0.4 is 0 Å². The molecule has 0 radical (unpaired) electrons. The molecule has 12 heavy (non-hydrogen) atoms. The maximum absolute atomic E-state index is 10.5. The summed E-state index contributed by atoms with van der Waals surface area (Å²) in [6, 6.07) is 5.02. The van der Waals surface area contributed by atoms with Gasteiger partial charge in [-0.1, -0.05) is 6.07 Å². The number of carboxylic acids is 1. The molecule has 0 unspecified atom stereocenters. The van der Waals surface area contributed by atoms with Gasteiger partial charge in [0.15, 0.2) is 0 Å². The number of rotatable bonds is 1. The fourth-order valence-corrected chi connectivity index (χ4v) is 1.23. The van der Waals surface area contributed by atoms with Crippen LogP contribution in [-0.2, 0) is 6.42 Å². The van der Waals surface area contributed by atoms with Gasteiger partial charge in [-0.2, -0.15) is 0 Å². The third-order valence-electron chi connectivity index (χ3n) is 1.87. The van der Waals surface area contributed by atoms with Crippen molar-refractivity contribution in [1.82, 2.24) is 0 Å². The first kappa shape index (κ1) is 7.03. The van der Waals surface area contributed by atoms with Crippen molar-refractivity contribution in [1.29, 1.82) is 0 Å². The number of aliphatic imine (C=N–C) groups is 1. The second-order valence-corrected chi connectivity index (χ2v) is 2.66. The van der Waals surface area contributed by atoms with Crippen LogP contribution in [0.1, 0.15) is 15.9 Å². The van der Waals surface area contributed by atoms with Gasteiger partial charge in [0.1, 0.15) is 0 Å². The van der Waals surface area contributed by atoms with E-state index in [9.17, 15) is 4.79 Å². The van der Waals surface area contributed by atoms with E-state index >= 15 is 0 Å². The van der Waals surface area contributed by atoms with Crippen LogP contribution in [0.15, 0.2) is 23.2 Å². The molecule has 0 amide bonds. The molecular weight excluding hydrogens is 154 g/mol. The van der Waals surface area contributed by atoms with Crippen molar-refractivity contribution in [3.8, 4) is 0 Å². The fourth-order valence-electron chi connectivity index (χ4n) is 1.23. The zero-order chi connectivity index (χ0) is 8.55. The van der Waals surface area contributed by atoms with Gasteiger partial charge >= 0.3 is 5.97 Å². The Labute approximate surface area is 69.4 Å². The first-order valence-electron chi connectivity index (χ1n) is 3.66. The highest BCUT2D eigenvalue weighted by Gasteiger charge is 2.09. The summed E-state index contributed by atoms with van der Waals surface area (Å²) in [5.74, 6) is -0.903. The number of benzene rings is 1. The van der Waals surface area contributed by atoms with Crippen molar-refractivity contribution in [2.45, 2.75) is 6.42 Å². The summed E-state index contributed by atoms with van der Waals surface area (Å²) < 4.78 is 0. The fraction of sp³-hybridized carbons (Fsp3) is 0.111. The minimum Gasteiger partial charge on any atom is -0.478 e. The van der Waals surface area contributed by atoms with Gasteiger partial charge in [0.25, 0.3) is 0 Å². The summed E-state index contributed by atoms with van der Waals surface area (Å²) in [6.07, 6.45) is 2.60. The number of carboxylic acid groups (broad SMARTS) is 1. The van der Waals surface area contributed by atoms with Crippen molar-refractivity contribution in [2.24, 2.45) is 4.99 Å². The summed E-state index contributed by atoms with van der Waals surface area (Å²) in [4.78, 5) is 14.6. The van der Waals surface area contributed by atoms with E-state index in [0.29, 0.717) is 5.56 Å². The van der Waals surface area contributed by atoms with E-state index < -0.39 is 5.97 Å². The Hall–Kier alpha value is -1.64. The Morgan fingerprint density at radius 3 is 3.08 bits per heavy atom. The molecule has 0 atom stereocenters. The van der Waals surface area contributed by atoms with Crippen LogP contribution >= 0.6 is 0 Å². The van der Waals surface area contributed by atoms with Gasteiger partial charge in [-0.05, 0) is 17.7 Å². The third kappa shape index (κ3) is 0.993. The normalized spacial score (nSPS) is 13.0. The molecule has 1 aromatic rings. The SMILES string of the molecule is O=C(O)c1ccc2c(c1)N=CC2. The van der Waals surface area contributed by atoms with Crippen molar-refractivity contribution in [2.75, 3.05) is 0 Å². The Kier molecular flexibility index (Phi) is 1.43. The van der Waals surface area contributed by atoms with Gasteiger partial charge < -0.3 is 5.11 Å². The number of carbonyl (C=O) groups is 1. The number of fused-ring (bicyclic) bond motifs is 1. The average molecular weight is 161 g/mol. The number of aromatic carboxylic acids is 1. The molecule has 0 saturated carbocycles. The van der Waals surface area contributed by atoms with Gasteiger partial charge in [-0.3, -0.25) is 4.99 Å². The van der Waals surface area contributed by atoms with Crippen molar-refractivity contribution >= 4 is 17.9 Å². The molecule has 0 aliphatic carbocycles. The monoisotopic (exact) mass is 161 g/mol. The molecule has 0 aromatic heterocycles. The molecule has 1 aliphatic heterocycles. The molecule has 1 aromatic carbocycles. The zero-order valence-electron chi connectivity index (χ0n) is 6.32. The lowest BCUT2D eigenvalue weighted by atomic mass is 10.1. The summed E-state index contributed by atoms with van der Waals surface area (Å²) in [5.41, 5.74) is 2.18. The molecule has 3 nitrogen and oxygen atoms in total. The van der Waals surface area contributed by atoms with E-state index in [1.165, 1.54) is 0 Å². The van der Waals surface area contributed by atoms with E-state index in [1.807, 2.05) is 6.07 Å². The quantitative estimate of drug-likeness (QED) is 0.680. The third-order valence-corrected chi connectivity index (χ3v) is 1.87. The molecule has 2 rings (SSSR count). The number of hydrogen-bond donors (Lipinski definition) is 1. The van der Waals surface area contributed by atoms with E-state index in [-0.39, 0.29) is 0 Å². The first-order valence-corrected chi connectivity index (χ1v) is 3.66. The minimum absolute atomic E-state index is 0.299. The molecule has 3 heteroatoms. The Morgan fingerprint density at radius 1 is 1.50 bits per heavy atom. The lowest BCUT2D eigenvalue weighted by Crippen LogP contribution is -1.95. The predicted octanol–water partition coefficient (Wildman–Crippen LogP) is 1.64. The van der Waals surface area contributed by atoms with Gasteiger partial charge in [0, 0.05) is 12.6 Å². The predicted molar refractivity (Wildman–Crippen MR) is 45.3 cm³/mol. The first-order chi connectivity index (χ1) is 5.77. The molecule has 1 heterocycles. The molecule has 0 fully saturated rings. The minimum atomic E-state index is -0.903. The molecule has 1 aliphatic rings. The van der Waals surface area contributed by atoms with Crippen LogP contribution in [0.25, 0.3) is 0 Å². The van der Waals surface area contributed by atoms with E-state index in [1.54, 1.807) is 18.3 Å². The molecule has 60 valence electrons. The Bertz CT molecular complexity index is 369. The van der Waals surface area contributed by atoms with Crippen molar-refractivity contribution in [3.05, 3.63) is 29.3 Å². The van der Waals surface area contributed by atoms with Crippen LogP contribution in [0.5, 0.6) is 0 Å². The van der Waals surface area contributed by atoms with Crippen LogP contribution in [0.2, 0.25) is 0 Å². The molecule has 0 bridgehead atoms. The van der Waals surface area contributed by atoms with Crippen molar-refractivity contribution < 1.29 is 9.90 Å². The van der Waals surface area contributed by atoms with Gasteiger partial charge in [0.05, 0.1) is 11.3 Å². The Morgan fingerprint density at radius 2 is 2.33 bits per heavy atom. The Balaban J connectivity index is 2.51. The molecule has 1 N–H and O–H groups in total. The standard InChI is InChI=1S/C9H7NO2/c11-9(12)7-2-1-6-3-4-10-8(6)5-7/h1-2,4-5H,3H2,(H,11,12). The van der Waals surface area contributed by atoms with Crippen LogP contribution in [0.3, 0.4) is 0 Å². The van der Waals surface area contributed by atoms with E-state index in [0.717, 1.165) is 17.7 Å². The van der Waals surface area contributed by atoms with E-state index in [4.69, 9.17) is 5.11 Å². The molecule has 0 saturated heterocycles. The zero-order valence-corrected chi connectivity index (χ0v) is 6.32. The largest absolute Gasteiger partial charge is 0.478 e. The van der Waals surface area contributed by atoms with Gasteiger partial charge in [0.2, 0.25) is 0 Å². The van der Waals surface area contributed by atoms with E-state index in [2.05, 4.69) is 4.99 Å². The maximum atomic E-state index is 10.5. The second-order valence-electron chi connectivity index (χ2n) is 2.66. The van der Waals surface area contributed by atoms with Crippen LogP contribution in [0, 0.1) is 0 Å². The highest BCUT2D eigenvalue weighted by molar-refractivity contribution is 5.90. The summed E-state index contributed by atoms with van der Waals surface area (Å²) in [6.45, 7) is 0. The van der Waals surface area contributed by atoms with Crippen molar-refractivity contribution in [3.63, 3.8) is 0 Å². The van der Waals surface area contributed by atoms with Gasteiger partial charge in [-0.25, -0.2) is 4.79 Å². The summed E-state index contributed by atoms with van der Waals surface area (Å²) >= 11 is 0. The van der Waals surface area contributed by atoms with Crippen LogP contribution in [-0.4, -0.2) is 17.3 Å². The molecular formula is C9H7NO2. The maximum Gasteiger partial charge on any atom is 0.335 e. The highest BCUT2D eigenvalue weighted by Crippen LogP contribution is 2.24. The highest BCUT2D eigenvalue weighted by atomic mass is 16.4. The van der Waals surface area contributed by atoms with Crippen LogP contribution in [0.4, 0.5) is 5.69 Å². The molecule has 0 spiro atoms.